The number of aromatic nitrogens is 1. The average Bonchev–Trinajstić information content (AvgIpc) is 2.67. The van der Waals surface area contributed by atoms with E-state index in [4.69, 9.17) is 10.1 Å². The Kier molecular flexibility index (Phi) is 7.96. The lowest BCUT2D eigenvalue weighted by Gasteiger charge is -2.14. The Morgan fingerprint density at radius 1 is 1.00 bits per heavy atom. The van der Waals surface area contributed by atoms with Gasteiger partial charge in [-0.05, 0) is 30.7 Å². The quantitative estimate of drug-likeness (QED) is 0.432. The molecule has 1 heterocycles. The highest BCUT2D eigenvalue weighted by atomic mass is 16.5. The van der Waals surface area contributed by atoms with Crippen LogP contribution in [0.15, 0.2) is 42.6 Å². The standard InChI is InChI=1S/C21H29N3O/c1-3-4-5-6-7-10-15-23-21-18(13-11-16-24-21)20(22)17-12-8-9-14-19(17)25-2/h8-9,11-14,16,22H,3-7,10,15H2,1-2H3,(H,23,24). The zero-order valence-corrected chi connectivity index (χ0v) is 15.3. The predicted molar refractivity (Wildman–Crippen MR) is 105 cm³/mol. The summed E-state index contributed by atoms with van der Waals surface area (Å²) in [6.45, 7) is 3.12. The molecule has 0 saturated heterocycles. The second-order valence-corrected chi connectivity index (χ2v) is 6.17. The Bertz CT molecular complexity index is 670. The van der Waals surface area contributed by atoms with E-state index in [1.807, 2.05) is 36.4 Å². The summed E-state index contributed by atoms with van der Waals surface area (Å²) in [4.78, 5) is 4.44. The average molecular weight is 339 g/mol. The third-order valence-corrected chi connectivity index (χ3v) is 4.28. The number of methoxy groups -OCH3 is 1. The maximum Gasteiger partial charge on any atom is 0.135 e. The van der Waals surface area contributed by atoms with Gasteiger partial charge in [0.2, 0.25) is 0 Å². The number of unbranched alkanes of at least 4 members (excludes halogenated alkanes) is 5. The van der Waals surface area contributed by atoms with Crippen LogP contribution >= 0.6 is 0 Å². The smallest absolute Gasteiger partial charge is 0.135 e. The van der Waals surface area contributed by atoms with Gasteiger partial charge in [-0.1, -0.05) is 51.2 Å². The van der Waals surface area contributed by atoms with Crippen LogP contribution in [0.3, 0.4) is 0 Å². The van der Waals surface area contributed by atoms with Crippen LogP contribution in [0.4, 0.5) is 5.82 Å². The van der Waals surface area contributed by atoms with Gasteiger partial charge in [-0.2, -0.15) is 0 Å². The summed E-state index contributed by atoms with van der Waals surface area (Å²) in [5.74, 6) is 1.48. The van der Waals surface area contributed by atoms with Gasteiger partial charge in [0.05, 0.1) is 12.8 Å². The number of ether oxygens (including phenoxy) is 1. The fourth-order valence-corrected chi connectivity index (χ4v) is 2.86. The van der Waals surface area contributed by atoms with Gasteiger partial charge in [0, 0.05) is 23.9 Å². The summed E-state index contributed by atoms with van der Waals surface area (Å²) in [6.07, 6.45) is 9.35. The van der Waals surface area contributed by atoms with Crippen LogP contribution in [0.2, 0.25) is 0 Å². The molecule has 0 aliphatic rings. The molecule has 134 valence electrons. The van der Waals surface area contributed by atoms with Crippen LogP contribution in [-0.2, 0) is 0 Å². The van der Waals surface area contributed by atoms with E-state index >= 15 is 0 Å². The van der Waals surface area contributed by atoms with Crippen molar-refractivity contribution in [2.24, 2.45) is 0 Å². The minimum atomic E-state index is 0.427. The number of hydrogen-bond donors (Lipinski definition) is 2. The number of nitrogens with one attached hydrogen (secondary N) is 2. The number of nitrogens with zero attached hydrogens (tertiary/aromatic N) is 1. The van der Waals surface area contributed by atoms with E-state index in [9.17, 15) is 0 Å². The topological polar surface area (TPSA) is 58.0 Å². The van der Waals surface area contributed by atoms with Gasteiger partial charge in [0.25, 0.3) is 0 Å². The molecular weight excluding hydrogens is 310 g/mol. The van der Waals surface area contributed by atoms with Crippen molar-refractivity contribution in [1.29, 1.82) is 5.41 Å². The highest BCUT2D eigenvalue weighted by Crippen LogP contribution is 2.24. The molecule has 2 N–H and O–H groups in total. The molecule has 0 amide bonds. The molecular formula is C21H29N3O. The maximum atomic E-state index is 8.59. The molecule has 0 aliphatic carbocycles. The highest BCUT2D eigenvalue weighted by Gasteiger charge is 2.14. The molecule has 0 spiro atoms. The predicted octanol–water partition coefficient (Wildman–Crippen LogP) is 5.28. The molecule has 0 unspecified atom stereocenters. The molecule has 0 fully saturated rings. The monoisotopic (exact) mass is 339 g/mol. The van der Waals surface area contributed by atoms with Crippen LogP contribution in [0.25, 0.3) is 0 Å². The number of anilines is 1. The summed E-state index contributed by atoms with van der Waals surface area (Å²) in [5.41, 5.74) is 2.01. The largest absolute Gasteiger partial charge is 0.496 e. The third kappa shape index (κ3) is 5.59. The Hall–Kier alpha value is -2.36. The first-order chi connectivity index (χ1) is 12.3. The number of pyridine rings is 1. The van der Waals surface area contributed by atoms with E-state index in [0.29, 0.717) is 11.5 Å². The van der Waals surface area contributed by atoms with Gasteiger partial charge in [-0.3, -0.25) is 5.41 Å². The molecule has 0 radical (unpaired) electrons. The number of para-hydroxylation sites is 1. The lowest BCUT2D eigenvalue weighted by molar-refractivity contribution is 0.414. The number of hydrogen-bond acceptors (Lipinski definition) is 4. The fourth-order valence-electron chi connectivity index (χ4n) is 2.86. The van der Waals surface area contributed by atoms with Crippen LogP contribution in [0.5, 0.6) is 5.75 Å². The molecule has 25 heavy (non-hydrogen) atoms. The SMILES string of the molecule is CCCCCCCCNc1ncccc1C(=N)c1ccccc1OC. The van der Waals surface area contributed by atoms with Gasteiger partial charge in [-0.15, -0.1) is 0 Å². The minimum Gasteiger partial charge on any atom is -0.496 e. The zero-order chi connectivity index (χ0) is 17.9. The van der Waals surface area contributed by atoms with Crippen LogP contribution in [0.1, 0.15) is 56.6 Å². The second kappa shape index (κ2) is 10.5. The van der Waals surface area contributed by atoms with E-state index in [0.717, 1.165) is 29.9 Å². The summed E-state index contributed by atoms with van der Waals surface area (Å²) in [6, 6.07) is 11.4. The molecule has 0 atom stereocenters. The Morgan fingerprint density at radius 3 is 2.52 bits per heavy atom. The number of rotatable bonds is 11. The van der Waals surface area contributed by atoms with Crippen molar-refractivity contribution in [1.82, 2.24) is 4.98 Å². The first-order valence-corrected chi connectivity index (χ1v) is 9.19. The van der Waals surface area contributed by atoms with Crippen LogP contribution in [-0.4, -0.2) is 24.4 Å². The van der Waals surface area contributed by atoms with Crippen molar-refractivity contribution in [2.75, 3.05) is 19.0 Å². The second-order valence-electron chi connectivity index (χ2n) is 6.17. The van der Waals surface area contributed by atoms with E-state index in [2.05, 4.69) is 17.2 Å². The first-order valence-electron chi connectivity index (χ1n) is 9.19. The van der Waals surface area contributed by atoms with E-state index in [1.165, 1.54) is 32.1 Å². The molecule has 1 aromatic carbocycles. The molecule has 2 aromatic rings. The lowest BCUT2D eigenvalue weighted by atomic mass is 10.0. The Morgan fingerprint density at radius 2 is 1.72 bits per heavy atom. The van der Waals surface area contributed by atoms with Gasteiger partial charge in [-0.25, -0.2) is 4.98 Å². The molecule has 0 aliphatic heterocycles. The fraction of sp³-hybridized carbons (Fsp3) is 0.429. The van der Waals surface area contributed by atoms with Crippen molar-refractivity contribution >= 4 is 11.5 Å². The summed E-state index contributed by atoms with van der Waals surface area (Å²) < 4.78 is 5.39. The minimum absolute atomic E-state index is 0.427. The Labute approximate surface area is 151 Å². The lowest BCUT2D eigenvalue weighted by Crippen LogP contribution is -2.11. The maximum absolute atomic E-state index is 8.59. The number of benzene rings is 1. The van der Waals surface area contributed by atoms with Crippen molar-refractivity contribution in [3.63, 3.8) is 0 Å². The summed E-state index contributed by atoms with van der Waals surface area (Å²) in [5, 5.41) is 12.0. The first kappa shape index (κ1) is 19.0. The van der Waals surface area contributed by atoms with Gasteiger partial charge in [0.15, 0.2) is 0 Å². The third-order valence-electron chi connectivity index (χ3n) is 4.28. The van der Waals surface area contributed by atoms with Crippen molar-refractivity contribution < 1.29 is 4.74 Å². The molecule has 4 heteroatoms. The van der Waals surface area contributed by atoms with E-state index in [1.54, 1.807) is 13.3 Å². The van der Waals surface area contributed by atoms with Crippen molar-refractivity contribution in [2.45, 2.75) is 45.4 Å². The van der Waals surface area contributed by atoms with Gasteiger partial charge >= 0.3 is 0 Å². The van der Waals surface area contributed by atoms with Crippen LogP contribution < -0.4 is 10.1 Å². The molecule has 1 aromatic heterocycles. The highest BCUT2D eigenvalue weighted by molar-refractivity contribution is 6.15. The van der Waals surface area contributed by atoms with E-state index in [-0.39, 0.29) is 0 Å². The molecule has 0 saturated carbocycles. The van der Waals surface area contributed by atoms with Crippen molar-refractivity contribution in [3.05, 3.63) is 53.7 Å². The molecule has 4 nitrogen and oxygen atoms in total. The van der Waals surface area contributed by atoms with Gasteiger partial charge < -0.3 is 10.1 Å². The van der Waals surface area contributed by atoms with Crippen LogP contribution in [0, 0.1) is 5.41 Å². The zero-order valence-electron chi connectivity index (χ0n) is 15.3. The van der Waals surface area contributed by atoms with Crippen molar-refractivity contribution in [3.8, 4) is 5.75 Å². The summed E-state index contributed by atoms with van der Waals surface area (Å²) >= 11 is 0. The summed E-state index contributed by atoms with van der Waals surface area (Å²) in [7, 11) is 1.63. The van der Waals surface area contributed by atoms with Gasteiger partial charge in [0.1, 0.15) is 11.6 Å². The Balaban J connectivity index is 1.99. The van der Waals surface area contributed by atoms with E-state index < -0.39 is 0 Å². The molecule has 2 rings (SSSR count). The molecule has 0 bridgehead atoms. The normalized spacial score (nSPS) is 10.5.